The fraction of sp³-hybridized carbons (Fsp3) is 0.591. The summed E-state index contributed by atoms with van der Waals surface area (Å²) in [5.41, 5.74) is -0.403. The van der Waals surface area contributed by atoms with Gasteiger partial charge in [0.2, 0.25) is 0 Å². The SMILES string of the molecule is CC(C)(C)n1ccn(C(n2ccn(C(C)(C)C)c2=S)n2ccn(C(C)(C)C)c2=S)c1=S. The van der Waals surface area contributed by atoms with Crippen LogP contribution in [0.15, 0.2) is 37.2 Å². The Labute approximate surface area is 200 Å². The molecule has 0 bridgehead atoms. The van der Waals surface area contributed by atoms with Crippen molar-refractivity contribution >= 4 is 36.7 Å². The van der Waals surface area contributed by atoms with E-state index in [2.05, 4.69) is 89.7 Å². The minimum atomic E-state index is -0.344. The zero-order valence-corrected chi connectivity index (χ0v) is 22.4. The first kappa shape index (κ1) is 23.9. The van der Waals surface area contributed by atoms with Crippen LogP contribution >= 0.6 is 36.7 Å². The molecule has 0 aliphatic rings. The number of hydrogen-bond donors (Lipinski definition) is 0. The first-order valence-corrected chi connectivity index (χ1v) is 11.7. The van der Waals surface area contributed by atoms with Gasteiger partial charge in [0, 0.05) is 53.8 Å². The fourth-order valence-corrected chi connectivity index (χ4v) is 5.10. The Morgan fingerprint density at radius 2 is 0.710 bits per heavy atom. The van der Waals surface area contributed by atoms with Gasteiger partial charge < -0.3 is 13.7 Å². The summed E-state index contributed by atoms with van der Waals surface area (Å²) in [4.78, 5) is 0. The lowest BCUT2D eigenvalue weighted by atomic mass is 10.1. The molecule has 0 spiro atoms. The van der Waals surface area contributed by atoms with Crippen LogP contribution in [-0.2, 0) is 16.6 Å². The van der Waals surface area contributed by atoms with Crippen LogP contribution in [0.2, 0.25) is 0 Å². The van der Waals surface area contributed by atoms with Gasteiger partial charge in [0.15, 0.2) is 20.6 Å². The Kier molecular flexibility index (Phi) is 5.95. The van der Waals surface area contributed by atoms with Crippen LogP contribution in [0.5, 0.6) is 0 Å². The average molecular weight is 479 g/mol. The second kappa shape index (κ2) is 7.71. The van der Waals surface area contributed by atoms with Crippen molar-refractivity contribution in [1.29, 1.82) is 0 Å². The summed E-state index contributed by atoms with van der Waals surface area (Å²) >= 11 is 17.7. The van der Waals surface area contributed by atoms with Crippen LogP contribution < -0.4 is 0 Å². The zero-order valence-electron chi connectivity index (χ0n) is 19.9. The Morgan fingerprint density at radius 1 is 0.484 bits per heavy atom. The zero-order chi connectivity index (χ0) is 23.5. The van der Waals surface area contributed by atoms with Crippen molar-refractivity contribution < 1.29 is 0 Å². The quantitative estimate of drug-likeness (QED) is 0.402. The van der Waals surface area contributed by atoms with E-state index in [9.17, 15) is 0 Å². The highest BCUT2D eigenvalue weighted by atomic mass is 32.1. The monoisotopic (exact) mass is 478 g/mol. The van der Waals surface area contributed by atoms with Crippen LogP contribution in [0.4, 0.5) is 0 Å². The van der Waals surface area contributed by atoms with Gasteiger partial charge >= 0.3 is 0 Å². The van der Waals surface area contributed by atoms with E-state index in [-0.39, 0.29) is 22.9 Å². The molecule has 0 fully saturated rings. The third-order valence-corrected chi connectivity index (χ3v) is 6.55. The van der Waals surface area contributed by atoms with Crippen molar-refractivity contribution in [3.8, 4) is 0 Å². The molecule has 6 nitrogen and oxygen atoms in total. The van der Waals surface area contributed by atoms with Gasteiger partial charge in [0.05, 0.1) is 0 Å². The third-order valence-electron chi connectivity index (χ3n) is 5.32. The van der Waals surface area contributed by atoms with Gasteiger partial charge in [0.1, 0.15) is 0 Å². The standard InChI is InChI=1S/C22H34N6S3/c1-20(2,3)26-13-10-23(17(26)29)16(24-11-14-27(18(24)30)21(4,5)6)25-12-15-28(19(25)31)22(7,8)9/h10-16H,1-9H3. The molecule has 0 saturated heterocycles. The molecule has 0 aliphatic carbocycles. The van der Waals surface area contributed by atoms with Gasteiger partial charge in [-0.15, -0.1) is 0 Å². The first-order valence-electron chi connectivity index (χ1n) is 10.4. The molecule has 3 aromatic rings. The summed E-state index contributed by atoms with van der Waals surface area (Å²) in [5, 5.41) is 0. The summed E-state index contributed by atoms with van der Waals surface area (Å²) in [7, 11) is 0. The van der Waals surface area contributed by atoms with Crippen molar-refractivity contribution in [2.75, 3.05) is 0 Å². The highest BCUT2D eigenvalue weighted by Gasteiger charge is 2.26. The molecule has 0 saturated carbocycles. The highest BCUT2D eigenvalue weighted by Crippen LogP contribution is 2.25. The lowest BCUT2D eigenvalue weighted by Gasteiger charge is -2.26. The number of hydrogen-bond acceptors (Lipinski definition) is 3. The molecule has 3 rings (SSSR count). The van der Waals surface area contributed by atoms with E-state index in [0.29, 0.717) is 14.3 Å². The van der Waals surface area contributed by atoms with E-state index in [4.69, 9.17) is 36.7 Å². The predicted molar refractivity (Wildman–Crippen MR) is 135 cm³/mol. The molecule has 3 heterocycles. The molecule has 0 radical (unpaired) electrons. The van der Waals surface area contributed by atoms with Gasteiger partial charge in [0.25, 0.3) is 0 Å². The van der Waals surface area contributed by atoms with Crippen molar-refractivity contribution in [2.45, 2.75) is 85.2 Å². The summed E-state index contributed by atoms with van der Waals surface area (Å²) in [5.74, 6) is 0. The van der Waals surface area contributed by atoms with Gasteiger partial charge in [-0.2, -0.15) is 0 Å². The number of aromatic nitrogens is 6. The van der Waals surface area contributed by atoms with Crippen LogP contribution in [-0.4, -0.2) is 27.4 Å². The van der Waals surface area contributed by atoms with E-state index in [1.54, 1.807) is 0 Å². The molecule has 0 aromatic carbocycles. The number of imidazole rings is 3. The van der Waals surface area contributed by atoms with Crippen molar-refractivity contribution in [1.82, 2.24) is 27.4 Å². The van der Waals surface area contributed by atoms with Crippen LogP contribution in [0.3, 0.4) is 0 Å². The maximum atomic E-state index is 5.91. The van der Waals surface area contributed by atoms with Crippen molar-refractivity contribution in [2.24, 2.45) is 0 Å². The summed E-state index contributed by atoms with van der Waals surface area (Å²) in [6, 6.07) is 0. The maximum Gasteiger partial charge on any atom is 0.198 e. The normalized spacial score (nSPS) is 13.4. The Bertz CT molecular complexity index is 1100. The molecular formula is C22H34N6S3. The first-order chi connectivity index (χ1) is 14.0. The lowest BCUT2D eigenvalue weighted by molar-refractivity contribution is 0.315. The van der Waals surface area contributed by atoms with E-state index in [0.717, 1.165) is 0 Å². The lowest BCUT2D eigenvalue weighted by Crippen LogP contribution is -2.29. The second-order valence-electron chi connectivity index (χ2n) is 10.9. The average Bonchev–Trinajstić information content (AvgIpc) is 3.26. The molecule has 0 N–H and O–H groups in total. The smallest absolute Gasteiger partial charge is 0.198 e. The highest BCUT2D eigenvalue weighted by molar-refractivity contribution is 7.71. The Hall–Kier alpha value is -1.71. The minimum absolute atomic E-state index is 0.134. The molecular weight excluding hydrogens is 444 g/mol. The second-order valence-corrected chi connectivity index (χ2v) is 12.0. The number of rotatable bonds is 3. The third kappa shape index (κ3) is 4.32. The van der Waals surface area contributed by atoms with Crippen molar-refractivity contribution in [3.05, 3.63) is 51.5 Å². The number of nitrogens with zero attached hydrogens (tertiary/aromatic N) is 6. The van der Waals surface area contributed by atoms with Crippen LogP contribution in [0.25, 0.3) is 0 Å². The Morgan fingerprint density at radius 3 is 0.871 bits per heavy atom. The van der Waals surface area contributed by atoms with E-state index in [1.807, 2.05) is 37.2 Å². The molecule has 0 atom stereocenters. The molecule has 3 aromatic heterocycles. The largest absolute Gasteiger partial charge is 0.318 e. The molecule has 0 amide bonds. The van der Waals surface area contributed by atoms with Gasteiger partial charge in [-0.1, -0.05) is 0 Å². The van der Waals surface area contributed by atoms with Crippen molar-refractivity contribution in [3.63, 3.8) is 0 Å². The van der Waals surface area contributed by atoms with E-state index in [1.165, 1.54) is 0 Å². The predicted octanol–water partition coefficient (Wildman–Crippen LogP) is 6.50. The summed E-state index contributed by atoms with van der Waals surface area (Å²) in [6.45, 7) is 19.3. The Balaban J connectivity index is 2.33. The van der Waals surface area contributed by atoms with E-state index >= 15 is 0 Å². The molecule has 31 heavy (non-hydrogen) atoms. The molecule has 0 unspecified atom stereocenters. The summed E-state index contributed by atoms with van der Waals surface area (Å²) < 4.78 is 14.6. The van der Waals surface area contributed by atoms with Crippen LogP contribution in [0.1, 0.15) is 68.6 Å². The topological polar surface area (TPSA) is 29.6 Å². The summed E-state index contributed by atoms with van der Waals surface area (Å²) in [6.07, 6.45) is 11.8. The van der Waals surface area contributed by atoms with E-state index < -0.39 is 0 Å². The molecule has 0 aliphatic heterocycles. The maximum absolute atomic E-state index is 5.91. The van der Waals surface area contributed by atoms with Gasteiger partial charge in [-0.25, -0.2) is 0 Å². The minimum Gasteiger partial charge on any atom is -0.318 e. The van der Waals surface area contributed by atoms with Gasteiger partial charge in [-0.05, 0) is 99.0 Å². The molecule has 9 heteroatoms. The van der Waals surface area contributed by atoms with Crippen LogP contribution in [0, 0.1) is 14.3 Å². The van der Waals surface area contributed by atoms with Gasteiger partial charge in [-0.3, -0.25) is 13.7 Å². The fourth-order valence-electron chi connectivity index (χ4n) is 3.63. The molecule has 170 valence electrons.